The van der Waals surface area contributed by atoms with E-state index >= 15 is 0 Å². The first kappa shape index (κ1) is 11.1. The molecule has 0 radical (unpaired) electrons. The molecule has 0 spiro atoms. The molecule has 0 bridgehead atoms. The van der Waals surface area contributed by atoms with Gasteiger partial charge in [0.2, 0.25) is 0 Å². The van der Waals surface area contributed by atoms with Gasteiger partial charge in [0.1, 0.15) is 5.69 Å². The van der Waals surface area contributed by atoms with Crippen molar-refractivity contribution in [1.29, 1.82) is 0 Å². The van der Waals surface area contributed by atoms with Crippen LogP contribution in [0, 0.1) is 0 Å². The zero-order valence-electron chi connectivity index (χ0n) is 9.02. The Hall–Kier alpha value is -2.43. The van der Waals surface area contributed by atoms with Crippen LogP contribution in [0.4, 0.5) is 0 Å². The van der Waals surface area contributed by atoms with Gasteiger partial charge < -0.3 is 5.11 Å². The van der Waals surface area contributed by atoms with Crippen LogP contribution >= 0.6 is 0 Å². The van der Waals surface area contributed by atoms with Gasteiger partial charge in [0.15, 0.2) is 0 Å². The second kappa shape index (κ2) is 5.07. The monoisotopic (exact) mass is 229 g/mol. The number of carboxylic acid groups (broad SMARTS) is 1. The fourth-order valence-corrected chi connectivity index (χ4v) is 1.39. The molecule has 5 nitrogen and oxygen atoms in total. The first-order chi connectivity index (χ1) is 8.24. The van der Waals surface area contributed by atoms with Crippen molar-refractivity contribution in [3.8, 4) is 0 Å². The molecular weight excluding hydrogens is 218 g/mol. The van der Waals surface area contributed by atoms with Gasteiger partial charge in [0.25, 0.3) is 0 Å². The molecule has 0 saturated carbocycles. The molecule has 0 unspecified atom stereocenters. The second-order valence-corrected chi connectivity index (χ2v) is 3.50. The van der Waals surface area contributed by atoms with Crippen LogP contribution in [0.15, 0.2) is 42.6 Å². The maximum atomic E-state index is 10.3. The largest absolute Gasteiger partial charge is 0.478 e. The van der Waals surface area contributed by atoms with Gasteiger partial charge in [0, 0.05) is 6.08 Å². The van der Waals surface area contributed by atoms with Crippen molar-refractivity contribution in [2.45, 2.75) is 6.54 Å². The number of benzene rings is 1. The summed E-state index contributed by atoms with van der Waals surface area (Å²) < 4.78 is 1.66. The number of aromatic nitrogens is 3. The molecule has 1 N–H and O–H groups in total. The minimum Gasteiger partial charge on any atom is -0.478 e. The summed E-state index contributed by atoms with van der Waals surface area (Å²) in [6, 6.07) is 9.85. The smallest absolute Gasteiger partial charge is 0.328 e. The lowest BCUT2D eigenvalue weighted by atomic mass is 10.2. The van der Waals surface area contributed by atoms with Crippen molar-refractivity contribution in [2.75, 3.05) is 0 Å². The maximum Gasteiger partial charge on any atom is 0.328 e. The van der Waals surface area contributed by atoms with Crippen molar-refractivity contribution < 1.29 is 9.90 Å². The van der Waals surface area contributed by atoms with Crippen molar-refractivity contribution in [3.05, 3.63) is 53.9 Å². The third-order valence-electron chi connectivity index (χ3n) is 2.14. The molecule has 0 aliphatic heterocycles. The van der Waals surface area contributed by atoms with E-state index in [2.05, 4.69) is 10.3 Å². The molecule has 2 rings (SSSR count). The average molecular weight is 229 g/mol. The van der Waals surface area contributed by atoms with Crippen LogP contribution in [0.2, 0.25) is 0 Å². The minimum atomic E-state index is -0.998. The third kappa shape index (κ3) is 3.27. The number of rotatable bonds is 4. The first-order valence-electron chi connectivity index (χ1n) is 5.09. The van der Waals surface area contributed by atoms with Crippen LogP contribution in [-0.4, -0.2) is 26.1 Å². The van der Waals surface area contributed by atoms with E-state index in [0.29, 0.717) is 12.2 Å². The Labute approximate surface area is 98.0 Å². The van der Waals surface area contributed by atoms with Crippen LogP contribution in [-0.2, 0) is 11.3 Å². The quantitative estimate of drug-likeness (QED) is 0.805. The highest BCUT2D eigenvalue weighted by Gasteiger charge is 1.99. The lowest BCUT2D eigenvalue weighted by Crippen LogP contribution is -1.99. The summed E-state index contributed by atoms with van der Waals surface area (Å²) in [5.41, 5.74) is 1.65. The van der Waals surface area contributed by atoms with Gasteiger partial charge in [-0.2, -0.15) is 0 Å². The molecule has 0 saturated heterocycles. The van der Waals surface area contributed by atoms with Gasteiger partial charge in [-0.1, -0.05) is 35.5 Å². The lowest BCUT2D eigenvalue weighted by Gasteiger charge is -1.98. The van der Waals surface area contributed by atoms with Crippen LogP contribution < -0.4 is 0 Å². The molecule has 0 aliphatic rings. The van der Waals surface area contributed by atoms with Crippen molar-refractivity contribution in [3.63, 3.8) is 0 Å². The van der Waals surface area contributed by atoms with Crippen molar-refractivity contribution in [1.82, 2.24) is 15.0 Å². The highest BCUT2D eigenvalue weighted by molar-refractivity contribution is 5.84. The highest BCUT2D eigenvalue weighted by atomic mass is 16.4. The van der Waals surface area contributed by atoms with E-state index in [1.807, 2.05) is 30.3 Å². The summed E-state index contributed by atoms with van der Waals surface area (Å²) in [7, 11) is 0. The number of nitrogens with zero attached hydrogens (tertiary/aromatic N) is 3. The zero-order valence-corrected chi connectivity index (χ0v) is 9.02. The van der Waals surface area contributed by atoms with E-state index in [1.165, 1.54) is 6.08 Å². The zero-order chi connectivity index (χ0) is 12.1. The lowest BCUT2D eigenvalue weighted by molar-refractivity contribution is -0.131. The Morgan fingerprint density at radius 3 is 2.82 bits per heavy atom. The van der Waals surface area contributed by atoms with Crippen molar-refractivity contribution in [2.24, 2.45) is 0 Å². The van der Waals surface area contributed by atoms with E-state index in [4.69, 9.17) is 5.11 Å². The van der Waals surface area contributed by atoms with Gasteiger partial charge >= 0.3 is 5.97 Å². The minimum absolute atomic E-state index is 0.531. The Kier molecular flexibility index (Phi) is 3.30. The molecule has 86 valence electrons. The number of hydrogen-bond acceptors (Lipinski definition) is 3. The van der Waals surface area contributed by atoms with Gasteiger partial charge in [-0.05, 0) is 11.6 Å². The Bertz CT molecular complexity index is 532. The van der Waals surface area contributed by atoms with Crippen LogP contribution in [0.3, 0.4) is 0 Å². The van der Waals surface area contributed by atoms with Gasteiger partial charge in [-0.3, -0.25) is 0 Å². The van der Waals surface area contributed by atoms with Crippen LogP contribution in [0.5, 0.6) is 0 Å². The average Bonchev–Trinajstić information content (AvgIpc) is 2.75. The predicted octanol–water partition coefficient (Wildman–Crippen LogP) is 1.42. The fourth-order valence-electron chi connectivity index (χ4n) is 1.39. The van der Waals surface area contributed by atoms with Gasteiger partial charge in [-0.25, -0.2) is 9.48 Å². The standard InChI is InChI=1S/C12H11N3O2/c16-12(17)7-6-11-9-15(14-13-11)8-10-4-2-1-3-5-10/h1-7,9H,8H2,(H,16,17). The van der Waals surface area contributed by atoms with E-state index in [-0.39, 0.29) is 0 Å². The molecule has 5 heteroatoms. The summed E-state index contributed by atoms with van der Waals surface area (Å²) in [4.78, 5) is 10.3. The Morgan fingerprint density at radius 2 is 2.12 bits per heavy atom. The molecule has 0 amide bonds. The van der Waals surface area contributed by atoms with Crippen molar-refractivity contribution >= 4 is 12.0 Å². The molecule has 1 aromatic carbocycles. The number of carbonyl (C=O) groups is 1. The summed E-state index contributed by atoms with van der Waals surface area (Å²) >= 11 is 0. The summed E-state index contributed by atoms with van der Waals surface area (Å²) in [5, 5.41) is 16.2. The van der Waals surface area contributed by atoms with Gasteiger partial charge in [-0.15, -0.1) is 5.10 Å². The topological polar surface area (TPSA) is 68.0 Å². The number of aliphatic carboxylic acids is 1. The summed E-state index contributed by atoms with van der Waals surface area (Å²) in [6.45, 7) is 0.620. The predicted molar refractivity (Wildman–Crippen MR) is 62.2 cm³/mol. The molecular formula is C12H11N3O2. The summed E-state index contributed by atoms with van der Waals surface area (Å²) in [5.74, 6) is -0.998. The number of hydrogen-bond donors (Lipinski definition) is 1. The molecule has 1 heterocycles. The molecule has 0 atom stereocenters. The normalized spacial score (nSPS) is 10.8. The molecule has 0 aliphatic carbocycles. The first-order valence-corrected chi connectivity index (χ1v) is 5.09. The molecule has 2 aromatic rings. The number of carboxylic acids is 1. The molecule has 1 aromatic heterocycles. The second-order valence-electron chi connectivity index (χ2n) is 3.50. The third-order valence-corrected chi connectivity index (χ3v) is 2.14. The van der Waals surface area contributed by atoms with Crippen LogP contribution in [0.1, 0.15) is 11.3 Å². The van der Waals surface area contributed by atoms with Crippen LogP contribution in [0.25, 0.3) is 6.08 Å². The van der Waals surface area contributed by atoms with E-state index in [9.17, 15) is 4.79 Å². The van der Waals surface area contributed by atoms with E-state index in [1.54, 1.807) is 10.9 Å². The Balaban J connectivity index is 2.06. The van der Waals surface area contributed by atoms with Gasteiger partial charge in [0.05, 0.1) is 12.7 Å². The SMILES string of the molecule is O=C(O)C=Cc1cn(Cc2ccccc2)nn1. The fraction of sp³-hybridized carbons (Fsp3) is 0.0833. The maximum absolute atomic E-state index is 10.3. The molecule has 17 heavy (non-hydrogen) atoms. The highest BCUT2D eigenvalue weighted by Crippen LogP contribution is 2.03. The van der Waals surface area contributed by atoms with E-state index in [0.717, 1.165) is 11.6 Å². The van der Waals surface area contributed by atoms with E-state index < -0.39 is 5.97 Å². The molecule has 0 fully saturated rings. The Morgan fingerprint density at radius 1 is 1.35 bits per heavy atom. The summed E-state index contributed by atoms with van der Waals surface area (Å²) in [6.07, 6.45) is 4.15.